The molecule has 1 aliphatic heterocycles. The van der Waals surface area contributed by atoms with Crippen molar-refractivity contribution in [2.45, 2.75) is 52.5 Å². The van der Waals surface area contributed by atoms with Crippen LogP contribution in [-0.4, -0.2) is 52.9 Å². The van der Waals surface area contributed by atoms with Gasteiger partial charge in [-0.1, -0.05) is 26.8 Å². The molecular formula is C23H29F4N5O2. The van der Waals surface area contributed by atoms with E-state index in [0.29, 0.717) is 31.3 Å². The van der Waals surface area contributed by atoms with Crippen molar-refractivity contribution >= 4 is 11.8 Å². The Balaban J connectivity index is 2.14. The van der Waals surface area contributed by atoms with Gasteiger partial charge in [0.15, 0.2) is 5.69 Å². The average Bonchev–Trinajstić information content (AvgIpc) is 2.95. The minimum Gasteiger partial charge on any atom is -0.357 e. The number of carbonyl (C=O) groups excluding carboxylic acids is 2. The summed E-state index contributed by atoms with van der Waals surface area (Å²) in [5, 5.41) is 5.23. The summed E-state index contributed by atoms with van der Waals surface area (Å²) >= 11 is 0. The highest BCUT2D eigenvalue weighted by Gasteiger charge is 2.37. The van der Waals surface area contributed by atoms with Crippen LogP contribution >= 0.6 is 0 Å². The van der Waals surface area contributed by atoms with Crippen LogP contribution in [0.15, 0.2) is 18.2 Å². The number of rotatable bonds is 4. The second-order valence-corrected chi connectivity index (χ2v) is 9.53. The van der Waals surface area contributed by atoms with Crippen LogP contribution in [0.1, 0.15) is 48.9 Å². The maximum atomic E-state index is 15.0. The van der Waals surface area contributed by atoms with Crippen LogP contribution in [0, 0.1) is 11.2 Å². The lowest BCUT2D eigenvalue weighted by atomic mass is 9.86. The van der Waals surface area contributed by atoms with Gasteiger partial charge in [0.2, 0.25) is 5.91 Å². The Bertz CT molecular complexity index is 1090. The molecule has 11 heteroatoms. The number of aromatic nitrogens is 2. The van der Waals surface area contributed by atoms with Gasteiger partial charge in [-0.3, -0.25) is 9.59 Å². The van der Waals surface area contributed by atoms with Crippen molar-refractivity contribution in [3.63, 3.8) is 0 Å². The first kappa shape index (κ1) is 25.7. The van der Waals surface area contributed by atoms with Crippen LogP contribution in [0.3, 0.4) is 0 Å². The van der Waals surface area contributed by atoms with E-state index in [1.165, 1.54) is 13.1 Å². The minimum atomic E-state index is -4.87. The van der Waals surface area contributed by atoms with Crippen molar-refractivity contribution in [1.82, 2.24) is 25.1 Å². The Labute approximate surface area is 195 Å². The van der Waals surface area contributed by atoms with Crippen LogP contribution < -0.4 is 10.6 Å². The molecule has 1 unspecified atom stereocenters. The van der Waals surface area contributed by atoms with Crippen LogP contribution in [0.4, 0.5) is 17.6 Å². The SMILES string of the molecule is CNC(=O)C(NC(=O)c1nc(-c2cccc(C(F)(F)F)c2F)n2c1CN(C)CCC2)C(C)(C)C. The van der Waals surface area contributed by atoms with Crippen LogP contribution in [-0.2, 0) is 24.1 Å². The molecule has 1 aliphatic rings. The summed E-state index contributed by atoms with van der Waals surface area (Å²) in [5.41, 5.74) is -1.95. The number of halogens is 4. The molecule has 2 N–H and O–H groups in total. The molecule has 0 saturated carbocycles. The van der Waals surface area contributed by atoms with Crippen LogP contribution in [0.2, 0.25) is 0 Å². The van der Waals surface area contributed by atoms with E-state index in [9.17, 15) is 27.2 Å². The number of fused-ring (bicyclic) bond motifs is 1. The number of alkyl halides is 3. The Hall–Kier alpha value is -2.95. The smallest absolute Gasteiger partial charge is 0.357 e. The predicted molar refractivity (Wildman–Crippen MR) is 118 cm³/mol. The first-order valence-electron chi connectivity index (χ1n) is 10.9. The molecule has 186 valence electrons. The van der Waals surface area contributed by atoms with Crippen LogP contribution in [0.5, 0.6) is 0 Å². The molecule has 1 aromatic carbocycles. The largest absolute Gasteiger partial charge is 0.419 e. The zero-order valence-electron chi connectivity index (χ0n) is 19.8. The quantitative estimate of drug-likeness (QED) is 0.654. The molecule has 0 radical (unpaired) electrons. The molecule has 3 rings (SSSR count). The summed E-state index contributed by atoms with van der Waals surface area (Å²) in [7, 11) is 3.30. The van der Waals surface area contributed by atoms with E-state index in [2.05, 4.69) is 15.6 Å². The van der Waals surface area contributed by atoms with Crippen molar-refractivity contribution in [3.05, 3.63) is 41.0 Å². The molecule has 0 fully saturated rings. The molecule has 2 amide bonds. The van der Waals surface area contributed by atoms with Gasteiger partial charge >= 0.3 is 6.18 Å². The standard InChI is InChI=1S/C23H29F4N5O2/c1-22(2,3)18(21(34)28-4)30-20(33)17-15-12-31(5)10-7-11-32(15)19(29-17)13-8-6-9-14(16(13)24)23(25,26)27/h6,8-9,18H,7,10-12H2,1-5H3,(H,28,34)(H,30,33). The van der Waals surface area contributed by atoms with Gasteiger partial charge in [0.25, 0.3) is 5.91 Å². The molecule has 0 spiro atoms. The molecule has 2 heterocycles. The lowest BCUT2D eigenvalue weighted by Gasteiger charge is -2.29. The van der Waals surface area contributed by atoms with Gasteiger partial charge in [-0.25, -0.2) is 9.37 Å². The zero-order valence-corrected chi connectivity index (χ0v) is 19.8. The van der Waals surface area contributed by atoms with Gasteiger partial charge in [-0.2, -0.15) is 13.2 Å². The van der Waals surface area contributed by atoms with Gasteiger partial charge in [0.05, 0.1) is 16.8 Å². The Morgan fingerprint density at radius 2 is 1.82 bits per heavy atom. The number of imidazole rings is 1. The van der Waals surface area contributed by atoms with E-state index in [0.717, 1.165) is 6.07 Å². The van der Waals surface area contributed by atoms with Crippen molar-refractivity contribution < 1.29 is 27.2 Å². The number of nitrogens with one attached hydrogen (secondary N) is 2. The fourth-order valence-electron chi connectivity index (χ4n) is 4.05. The third kappa shape index (κ3) is 5.08. The monoisotopic (exact) mass is 483 g/mol. The molecule has 7 nitrogen and oxygen atoms in total. The van der Waals surface area contributed by atoms with E-state index in [-0.39, 0.29) is 23.6 Å². The van der Waals surface area contributed by atoms with Crippen molar-refractivity contribution in [2.24, 2.45) is 5.41 Å². The van der Waals surface area contributed by atoms with E-state index in [1.807, 2.05) is 11.9 Å². The Morgan fingerprint density at radius 3 is 2.41 bits per heavy atom. The molecule has 0 bridgehead atoms. The minimum absolute atomic E-state index is 0.0429. The number of hydrogen-bond acceptors (Lipinski definition) is 4. The number of hydrogen-bond donors (Lipinski definition) is 2. The summed E-state index contributed by atoms with van der Waals surface area (Å²) in [5.74, 6) is -2.54. The fraction of sp³-hybridized carbons (Fsp3) is 0.522. The third-order valence-electron chi connectivity index (χ3n) is 5.82. The van der Waals surface area contributed by atoms with Gasteiger partial charge < -0.3 is 20.1 Å². The second-order valence-electron chi connectivity index (χ2n) is 9.53. The number of benzene rings is 1. The molecular weight excluding hydrogens is 454 g/mol. The van der Waals surface area contributed by atoms with Gasteiger partial charge in [0.1, 0.15) is 17.7 Å². The summed E-state index contributed by atoms with van der Waals surface area (Å²) in [6.45, 7) is 6.68. The molecule has 34 heavy (non-hydrogen) atoms. The predicted octanol–water partition coefficient (Wildman–Crippen LogP) is 3.43. The highest BCUT2D eigenvalue weighted by Crippen LogP contribution is 2.36. The summed E-state index contributed by atoms with van der Waals surface area (Å²) in [6, 6.07) is 2.12. The lowest BCUT2D eigenvalue weighted by molar-refractivity contribution is -0.139. The molecule has 0 aliphatic carbocycles. The lowest BCUT2D eigenvalue weighted by Crippen LogP contribution is -2.53. The first-order valence-corrected chi connectivity index (χ1v) is 10.9. The topological polar surface area (TPSA) is 79.3 Å². The normalized spacial score (nSPS) is 15.9. The maximum Gasteiger partial charge on any atom is 0.419 e. The maximum absolute atomic E-state index is 15.0. The van der Waals surface area contributed by atoms with E-state index in [1.54, 1.807) is 25.3 Å². The van der Waals surface area contributed by atoms with Gasteiger partial charge in [0, 0.05) is 20.1 Å². The van der Waals surface area contributed by atoms with Crippen LogP contribution in [0.25, 0.3) is 11.4 Å². The zero-order chi connectivity index (χ0) is 25.4. The Morgan fingerprint density at radius 1 is 1.15 bits per heavy atom. The average molecular weight is 484 g/mol. The van der Waals surface area contributed by atoms with Crippen molar-refractivity contribution in [3.8, 4) is 11.4 Å². The van der Waals surface area contributed by atoms with E-state index >= 15 is 0 Å². The third-order valence-corrected chi connectivity index (χ3v) is 5.82. The van der Waals surface area contributed by atoms with Gasteiger partial charge in [-0.05, 0) is 37.6 Å². The highest BCUT2D eigenvalue weighted by molar-refractivity contribution is 5.97. The van der Waals surface area contributed by atoms with E-state index < -0.39 is 40.8 Å². The molecule has 1 aromatic heterocycles. The summed E-state index contributed by atoms with van der Waals surface area (Å²) < 4.78 is 56.6. The fourth-order valence-corrected chi connectivity index (χ4v) is 4.05. The number of nitrogens with zero attached hydrogens (tertiary/aromatic N) is 3. The molecule has 0 saturated heterocycles. The van der Waals surface area contributed by atoms with E-state index in [4.69, 9.17) is 0 Å². The summed E-state index contributed by atoms with van der Waals surface area (Å²) in [4.78, 5) is 32.0. The first-order chi connectivity index (χ1) is 15.8. The molecule has 2 aromatic rings. The number of amides is 2. The van der Waals surface area contributed by atoms with Crippen molar-refractivity contribution in [2.75, 3.05) is 20.6 Å². The van der Waals surface area contributed by atoms with Gasteiger partial charge in [-0.15, -0.1) is 0 Å². The number of carbonyl (C=O) groups is 2. The summed E-state index contributed by atoms with van der Waals surface area (Å²) in [6.07, 6.45) is -4.24. The Kier molecular flexibility index (Phi) is 7.07. The number of likely N-dealkylation sites (N-methyl/N-ethyl adjacent to an activating group) is 1. The second kappa shape index (κ2) is 9.36. The van der Waals surface area contributed by atoms with Crippen molar-refractivity contribution in [1.29, 1.82) is 0 Å². The highest BCUT2D eigenvalue weighted by atomic mass is 19.4. The molecule has 1 atom stereocenters.